The lowest BCUT2D eigenvalue weighted by Crippen LogP contribution is -2.47. The van der Waals surface area contributed by atoms with Gasteiger partial charge in [0, 0.05) is 37.8 Å². The molecule has 0 aromatic carbocycles. The van der Waals surface area contributed by atoms with Crippen molar-refractivity contribution >= 4 is 29.1 Å². The lowest BCUT2D eigenvalue weighted by molar-refractivity contribution is 0.0658. The topological polar surface area (TPSA) is 39.3 Å². The molecule has 6 heteroatoms. The lowest BCUT2D eigenvalue weighted by Gasteiger charge is -2.33. The first kappa shape index (κ1) is 16.9. The molecule has 1 aliphatic heterocycles. The summed E-state index contributed by atoms with van der Waals surface area (Å²) in [5.74, 6) is 0.0528. The minimum atomic E-state index is -0.794. The van der Waals surface area contributed by atoms with Crippen LogP contribution in [0.4, 0.5) is 0 Å². The quantitative estimate of drug-likeness (QED) is 0.667. The van der Waals surface area contributed by atoms with Gasteiger partial charge in [0.1, 0.15) is 10.0 Å². The van der Waals surface area contributed by atoms with E-state index in [1.165, 1.54) is 0 Å². The van der Waals surface area contributed by atoms with Crippen molar-refractivity contribution in [2.45, 2.75) is 29.5 Å². The number of allylic oxidation sites excluding steroid dienone is 1. The summed E-state index contributed by atoms with van der Waals surface area (Å²) in [6, 6.07) is 1.95. The van der Waals surface area contributed by atoms with Crippen molar-refractivity contribution in [3.05, 3.63) is 35.7 Å². The van der Waals surface area contributed by atoms with Crippen molar-refractivity contribution < 1.29 is 4.79 Å². The normalized spacial score (nSPS) is 24.3. The van der Waals surface area contributed by atoms with Gasteiger partial charge in [-0.2, -0.15) is 0 Å². The van der Waals surface area contributed by atoms with Crippen molar-refractivity contribution in [2.24, 2.45) is 0 Å². The molecule has 1 unspecified atom stereocenters. The molecular weight excluding hydrogens is 333 g/mol. The van der Waals surface area contributed by atoms with Gasteiger partial charge in [-0.25, -0.2) is 0 Å². The number of hydrogen-bond donors (Lipinski definition) is 1. The fraction of sp³-hybridized carbons (Fsp3) is 0.588. The zero-order valence-electron chi connectivity index (χ0n) is 13.4. The summed E-state index contributed by atoms with van der Waals surface area (Å²) >= 11 is 13.0. The van der Waals surface area contributed by atoms with Crippen molar-refractivity contribution in [3.63, 3.8) is 0 Å². The Labute approximate surface area is 147 Å². The Bertz CT molecular complexity index is 603. The summed E-state index contributed by atoms with van der Waals surface area (Å²) in [6.07, 6.45) is 4.00. The highest BCUT2D eigenvalue weighted by atomic mass is 35.5. The molecule has 1 aliphatic carbocycles. The summed E-state index contributed by atoms with van der Waals surface area (Å²) in [5.41, 5.74) is 2.81. The lowest BCUT2D eigenvalue weighted by atomic mass is 9.83. The van der Waals surface area contributed by atoms with Gasteiger partial charge in [-0.3, -0.25) is 4.79 Å². The van der Waals surface area contributed by atoms with E-state index in [2.05, 4.69) is 23.5 Å². The third-order valence-electron chi connectivity index (χ3n) is 4.95. The Hall–Kier alpha value is -0.970. The van der Waals surface area contributed by atoms with Gasteiger partial charge in [0.25, 0.3) is 5.91 Å². The Morgan fingerprint density at radius 2 is 2.13 bits per heavy atom. The van der Waals surface area contributed by atoms with Crippen molar-refractivity contribution in [1.82, 2.24) is 14.8 Å². The Morgan fingerprint density at radius 1 is 1.43 bits per heavy atom. The van der Waals surface area contributed by atoms with E-state index >= 15 is 0 Å². The average Bonchev–Trinajstić information content (AvgIpc) is 2.94. The number of carbonyl (C=O) groups is 1. The molecule has 1 amide bonds. The first-order valence-corrected chi connectivity index (χ1v) is 8.86. The number of aromatic amines is 1. The van der Waals surface area contributed by atoms with E-state index in [9.17, 15) is 4.79 Å². The molecule has 1 N–H and O–H groups in total. The number of piperazine rings is 1. The fourth-order valence-electron chi connectivity index (χ4n) is 3.49. The fourth-order valence-corrected chi connectivity index (χ4v) is 4.09. The standard InChI is InChI=1S/C17H23Cl2N3O/c1-3-4-13-12-11-15(20-14(12)5-6-17(13,18)19)16(23)22-9-7-21(2)8-10-22/h3,11,13,20H,1,4-10H2,2H3. The minimum Gasteiger partial charge on any atom is -0.354 e. The number of aromatic nitrogens is 1. The average molecular weight is 356 g/mol. The second kappa shape index (κ2) is 6.50. The Morgan fingerprint density at radius 3 is 2.78 bits per heavy atom. The van der Waals surface area contributed by atoms with Gasteiger partial charge in [-0.15, -0.1) is 29.8 Å². The Kier molecular flexibility index (Phi) is 4.77. The van der Waals surface area contributed by atoms with Crippen LogP contribution in [0.1, 0.15) is 40.5 Å². The van der Waals surface area contributed by atoms with E-state index in [1.54, 1.807) is 0 Å². The summed E-state index contributed by atoms with van der Waals surface area (Å²) in [5, 5.41) is 0. The minimum absolute atomic E-state index is 0.0163. The second-order valence-corrected chi connectivity index (χ2v) is 8.09. The number of H-pyrrole nitrogens is 1. The monoisotopic (exact) mass is 355 g/mol. The third-order valence-corrected chi connectivity index (χ3v) is 5.86. The van der Waals surface area contributed by atoms with Gasteiger partial charge in [0.2, 0.25) is 0 Å². The zero-order chi connectivity index (χ0) is 16.6. The van der Waals surface area contributed by atoms with Crippen molar-refractivity contribution in [2.75, 3.05) is 33.2 Å². The third kappa shape index (κ3) is 3.30. The molecule has 23 heavy (non-hydrogen) atoms. The number of carbonyl (C=O) groups excluding carboxylic acids is 1. The van der Waals surface area contributed by atoms with Crippen LogP contribution in [0.5, 0.6) is 0 Å². The van der Waals surface area contributed by atoms with Crippen molar-refractivity contribution in [3.8, 4) is 0 Å². The summed E-state index contributed by atoms with van der Waals surface area (Å²) in [7, 11) is 2.08. The molecule has 2 heterocycles. The number of alkyl halides is 2. The molecule has 1 aromatic heterocycles. The van der Waals surface area contributed by atoms with E-state index < -0.39 is 4.33 Å². The van der Waals surface area contributed by atoms with Gasteiger partial charge in [-0.05, 0) is 37.9 Å². The van der Waals surface area contributed by atoms with E-state index in [-0.39, 0.29) is 11.8 Å². The number of amides is 1. The molecule has 0 saturated carbocycles. The highest BCUT2D eigenvalue weighted by molar-refractivity contribution is 6.49. The number of likely N-dealkylation sites (N-methyl/N-ethyl adjacent to an activating group) is 1. The number of nitrogens with zero attached hydrogens (tertiary/aromatic N) is 2. The maximum atomic E-state index is 12.7. The van der Waals surface area contributed by atoms with Crippen molar-refractivity contribution in [1.29, 1.82) is 0 Å². The number of rotatable bonds is 3. The maximum absolute atomic E-state index is 12.7. The van der Waals surface area contributed by atoms with Gasteiger partial charge >= 0.3 is 0 Å². The van der Waals surface area contributed by atoms with Gasteiger partial charge in [0.15, 0.2) is 0 Å². The predicted octanol–water partition coefficient (Wildman–Crippen LogP) is 3.18. The summed E-state index contributed by atoms with van der Waals surface area (Å²) < 4.78 is -0.794. The van der Waals surface area contributed by atoms with Crippen LogP contribution in [-0.2, 0) is 6.42 Å². The number of fused-ring (bicyclic) bond motifs is 1. The molecule has 1 fully saturated rings. The van der Waals surface area contributed by atoms with Crippen LogP contribution in [-0.4, -0.2) is 58.3 Å². The van der Waals surface area contributed by atoms with Crippen LogP contribution in [0.15, 0.2) is 18.7 Å². The molecule has 3 rings (SSSR count). The van der Waals surface area contributed by atoms with Crippen LogP contribution in [0, 0.1) is 0 Å². The molecule has 1 atom stereocenters. The van der Waals surface area contributed by atoms with E-state index in [1.807, 2.05) is 17.0 Å². The zero-order valence-corrected chi connectivity index (χ0v) is 15.0. The van der Waals surface area contributed by atoms with Gasteiger partial charge in [-0.1, -0.05) is 6.08 Å². The summed E-state index contributed by atoms with van der Waals surface area (Å²) in [6.45, 7) is 7.17. The highest BCUT2D eigenvalue weighted by Crippen LogP contribution is 2.48. The maximum Gasteiger partial charge on any atom is 0.270 e. The van der Waals surface area contributed by atoms with E-state index in [4.69, 9.17) is 23.2 Å². The molecule has 126 valence electrons. The number of aryl methyl sites for hydroxylation is 1. The number of hydrogen-bond acceptors (Lipinski definition) is 2. The van der Waals surface area contributed by atoms with Gasteiger partial charge < -0.3 is 14.8 Å². The van der Waals surface area contributed by atoms with Gasteiger partial charge in [0.05, 0.1) is 0 Å². The molecule has 2 aliphatic rings. The molecule has 0 spiro atoms. The van der Waals surface area contributed by atoms with E-state index in [0.29, 0.717) is 18.5 Å². The predicted molar refractivity (Wildman–Crippen MR) is 94.5 cm³/mol. The number of nitrogens with one attached hydrogen (secondary N) is 1. The Balaban J connectivity index is 1.84. The van der Waals surface area contributed by atoms with Crippen LogP contribution in [0.2, 0.25) is 0 Å². The molecule has 1 aromatic rings. The first-order chi connectivity index (χ1) is 10.9. The van der Waals surface area contributed by atoms with Crippen LogP contribution in [0.25, 0.3) is 0 Å². The largest absolute Gasteiger partial charge is 0.354 e. The summed E-state index contributed by atoms with van der Waals surface area (Å²) in [4.78, 5) is 20.2. The molecular formula is C17H23Cl2N3O. The van der Waals surface area contributed by atoms with E-state index in [0.717, 1.165) is 43.9 Å². The highest BCUT2D eigenvalue weighted by Gasteiger charge is 2.41. The van der Waals surface area contributed by atoms with Crippen LogP contribution in [0.3, 0.4) is 0 Å². The smallest absolute Gasteiger partial charge is 0.270 e. The molecule has 0 radical (unpaired) electrons. The molecule has 1 saturated heterocycles. The first-order valence-electron chi connectivity index (χ1n) is 8.10. The van der Waals surface area contributed by atoms with Crippen LogP contribution < -0.4 is 0 Å². The number of halogens is 2. The molecule has 0 bridgehead atoms. The van der Waals surface area contributed by atoms with Crippen LogP contribution >= 0.6 is 23.2 Å². The molecule has 4 nitrogen and oxygen atoms in total. The second-order valence-electron chi connectivity index (χ2n) is 6.55. The SMILES string of the molecule is C=CCC1c2cc(C(=O)N3CCN(C)CC3)[nH]c2CCC1(Cl)Cl.